The smallest absolute Gasteiger partial charge is 0.341 e. The van der Waals surface area contributed by atoms with Crippen LogP contribution in [0.1, 0.15) is 5.56 Å². The van der Waals surface area contributed by atoms with E-state index < -0.39 is 12.6 Å². The van der Waals surface area contributed by atoms with E-state index in [-0.39, 0.29) is 5.75 Å². The summed E-state index contributed by atoms with van der Waals surface area (Å²) in [4.78, 5) is 11.0. The summed E-state index contributed by atoms with van der Waals surface area (Å²) in [5.74, 6) is -0.124. The zero-order chi connectivity index (χ0) is 20.2. The number of nitrogens with zero attached hydrogens (tertiary/aromatic N) is 3. The molecular formula is C21H18N4O4. The van der Waals surface area contributed by atoms with E-state index in [0.717, 1.165) is 5.56 Å². The number of hydrogen-bond acceptors (Lipinski definition) is 7. The zero-order valence-electron chi connectivity index (χ0n) is 15.3. The molecule has 0 saturated heterocycles. The first-order valence-electron chi connectivity index (χ1n) is 8.86. The molecule has 1 aliphatic heterocycles. The Morgan fingerprint density at radius 3 is 2.31 bits per heavy atom. The van der Waals surface area contributed by atoms with E-state index in [1.54, 1.807) is 53.6 Å². The molecule has 3 N–H and O–H groups in total. The zero-order valence-corrected chi connectivity index (χ0v) is 15.3. The topological polar surface area (TPSA) is 97.6 Å². The molecular weight excluding hydrogens is 372 g/mol. The van der Waals surface area contributed by atoms with Gasteiger partial charge in [-0.3, -0.25) is 5.43 Å². The number of phenolic OH excluding ortho intramolecular Hbond substituents is 1. The standard InChI is InChI=1S/C21H18N4O4/c26-18-12-6-4-10-16(18)24-22-21(15-8-2-1-3-9-15)23-25(24)17-11-5-7-13-19(17)29-14-20(27)28/h1-13,26H,14H2,(H,22,23)(H,27,28). The lowest BCUT2D eigenvalue weighted by atomic mass is 10.2. The summed E-state index contributed by atoms with van der Waals surface area (Å²) in [6.45, 7) is -0.482. The van der Waals surface area contributed by atoms with Crippen LogP contribution >= 0.6 is 0 Å². The van der Waals surface area contributed by atoms with Gasteiger partial charge in [-0.1, -0.05) is 54.6 Å². The Balaban J connectivity index is 1.78. The van der Waals surface area contributed by atoms with Gasteiger partial charge in [0.15, 0.2) is 12.4 Å². The fourth-order valence-corrected chi connectivity index (χ4v) is 2.88. The van der Waals surface area contributed by atoms with E-state index in [1.165, 1.54) is 5.12 Å². The Morgan fingerprint density at radius 1 is 0.931 bits per heavy atom. The molecule has 0 spiro atoms. The number of hydrogen-bond donors (Lipinski definition) is 3. The Morgan fingerprint density at radius 2 is 1.59 bits per heavy atom. The second-order valence-corrected chi connectivity index (χ2v) is 6.17. The fraction of sp³-hybridized carbons (Fsp3) is 0.0476. The average molecular weight is 390 g/mol. The van der Waals surface area contributed by atoms with Crippen molar-refractivity contribution in [2.75, 3.05) is 16.8 Å². The van der Waals surface area contributed by atoms with Gasteiger partial charge in [-0.25, -0.2) is 4.79 Å². The molecule has 0 radical (unpaired) electrons. The number of carbonyl (C=O) groups is 1. The van der Waals surface area contributed by atoms with Crippen LogP contribution in [0.5, 0.6) is 11.5 Å². The average Bonchev–Trinajstić information content (AvgIpc) is 3.18. The molecule has 0 bridgehead atoms. The van der Waals surface area contributed by atoms with Crippen LogP contribution in [0.2, 0.25) is 0 Å². The highest BCUT2D eigenvalue weighted by Gasteiger charge is 2.30. The van der Waals surface area contributed by atoms with Gasteiger partial charge < -0.3 is 14.9 Å². The minimum atomic E-state index is -1.08. The monoisotopic (exact) mass is 390 g/mol. The third-order valence-corrected chi connectivity index (χ3v) is 4.18. The first-order chi connectivity index (χ1) is 14.1. The van der Waals surface area contributed by atoms with Crippen LogP contribution in [-0.4, -0.2) is 28.6 Å². The molecule has 3 aromatic carbocycles. The number of carboxylic acid groups (broad SMARTS) is 1. The van der Waals surface area contributed by atoms with Crippen molar-refractivity contribution in [2.24, 2.45) is 5.10 Å². The first-order valence-corrected chi connectivity index (χ1v) is 8.86. The van der Waals surface area contributed by atoms with Crippen LogP contribution in [0.3, 0.4) is 0 Å². The Bertz CT molecular complexity index is 1060. The number of hydrazone groups is 1. The molecule has 1 aliphatic rings. The number of amidine groups is 1. The molecule has 8 nitrogen and oxygen atoms in total. The highest BCUT2D eigenvalue weighted by Crippen LogP contribution is 2.36. The van der Waals surface area contributed by atoms with Gasteiger partial charge in [0, 0.05) is 5.56 Å². The molecule has 3 aromatic rings. The number of anilines is 2. The van der Waals surface area contributed by atoms with Crippen LogP contribution in [0, 0.1) is 0 Å². The number of carboxylic acids is 1. The summed E-state index contributed by atoms with van der Waals surface area (Å²) >= 11 is 0. The molecule has 0 fully saturated rings. The Labute approximate surface area is 166 Å². The number of benzene rings is 3. The van der Waals surface area contributed by atoms with Crippen LogP contribution in [0.15, 0.2) is 84.0 Å². The van der Waals surface area contributed by atoms with Crippen LogP contribution in [0.25, 0.3) is 0 Å². The second kappa shape index (κ2) is 7.81. The van der Waals surface area contributed by atoms with Gasteiger partial charge in [0.25, 0.3) is 0 Å². The van der Waals surface area contributed by atoms with Crippen molar-refractivity contribution in [3.8, 4) is 11.5 Å². The van der Waals surface area contributed by atoms with Gasteiger partial charge in [0.1, 0.15) is 22.9 Å². The van der Waals surface area contributed by atoms with Crippen molar-refractivity contribution in [1.29, 1.82) is 0 Å². The number of para-hydroxylation sites is 4. The van der Waals surface area contributed by atoms with Gasteiger partial charge in [0.2, 0.25) is 0 Å². The maximum absolute atomic E-state index is 11.0. The van der Waals surface area contributed by atoms with Crippen molar-refractivity contribution in [2.45, 2.75) is 0 Å². The maximum Gasteiger partial charge on any atom is 0.341 e. The number of aromatic hydroxyl groups is 1. The van der Waals surface area contributed by atoms with Gasteiger partial charge in [-0.2, -0.15) is 5.12 Å². The number of ether oxygens (including phenoxy) is 1. The Kier molecular flexibility index (Phi) is 4.90. The quantitative estimate of drug-likeness (QED) is 0.595. The summed E-state index contributed by atoms with van der Waals surface area (Å²) < 4.78 is 5.44. The summed E-state index contributed by atoms with van der Waals surface area (Å²) in [6, 6.07) is 23.3. The number of hydrazine groups is 2. The SMILES string of the molecule is O=C(O)COc1ccccc1N1N=C(c2ccccc2)NN1c1ccccc1O. The molecule has 146 valence electrons. The van der Waals surface area contributed by atoms with Crippen LogP contribution in [0.4, 0.5) is 11.4 Å². The lowest BCUT2D eigenvalue weighted by Gasteiger charge is -2.29. The molecule has 0 atom stereocenters. The molecule has 8 heteroatoms. The normalized spacial score (nSPS) is 13.0. The van der Waals surface area contributed by atoms with Crippen molar-refractivity contribution in [1.82, 2.24) is 5.43 Å². The largest absolute Gasteiger partial charge is 0.506 e. The molecule has 0 amide bonds. The minimum absolute atomic E-state index is 0.0541. The molecule has 0 aromatic heterocycles. The fourth-order valence-electron chi connectivity index (χ4n) is 2.88. The number of aliphatic carboxylic acids is 1. The van der Waals surface area contributed by atoms with E-state index in [4.69, 9.17) is 9.84 Å². The van der Waals surface area contributed by atoms with E-state index >= 15 is 0 Å². The van der Waals surface area contributed by atoms with E-state index in [0.29, 0.717) is 23.0 Å². The van der Waals surface area contributed by atoms with Crippen LogP contribution in [-0.2, 0) is 4.79 Å². The van der Waals surface area contributed by atoms with Gasteiger partial charge in [-0.05, 0) is 24.3 Å². The third-order valence-electron chi connectivity index (χ3n) is 4.18. The minimum Gasteiger partial charge on any atom is -0.506 e. The molecule has 0 unspecified atom stereocenters. The Hall–Kier alpha value is -4.20. The van der Waals surface area contributed by atoms with E-state index in [2.05, 4.69) is 10.5 Å². The van der Waals surface area contributed by atoms with Crippen molar-refractivity contribution < 1.29 is 19.7 Å². The summed E-state index contributed by atoms with van der Waals surface area (Å²) in [5, 5.41) is 27.1. The van der Waals surface area contributed by atoms with Crippen molar-refractivity contribution in [3.05, 3.63) is 84.4 Å². The number of nitrogens with one attached hydrogen (secondary N) is 1. The molecule has 0 saturated carbocycles. The first kappa shape index (κ1) is 18.2. The molecule has 0 aliphatic carbocycles. The van der Waals surface area contributed by atoms with E-state index in [1.807, 2.05) is 30.3 Å². The van der Waals surface area contributed by atoms with Crippen molar-refractivity contribution in [3.63, 3.8) is 0 Å². The summed E-state index contributed by atoms with van der Waals surface area (Å²) in [7, 11) is 0. The van der Waals surface area contributed by atoms with Gasteiger partial charge >= 0.3 is 5.97 Å². The van der Waals surface area contributed by atoms with Crippen molar-refractivity contribution >= 4 is 23.2 Å². The number of phenols is 1. The summed E-state index contributed by atoms with van der Waals surface area (Å²) in [5.41, 5.74) is 5.01. The van der Waals surface area contributed by atoms with Crippen LogP contribution < -0.4 is 20.4 Å². The molecule has 4 rings (SSSR count). The van der Waals surface area contributed by atoms with Gasteiger partial charge in [0.05, 0.1) is 0 Å². The second-order valence-electron chi connectivity index (χ2n) is 6.17. The molecule has 29 heavy (non-hydrogen) atoms. The van der Waals surface area contributed by atoms with E-state index in [9.17, 15) is 9.90 Å². The predicted octanol–water partition coefficient (Wildman–Crippen LogP) is 2.96. The number of rotatable bonds is 6. The molecule has 1 heterocycles. The lowest BCUT2D eigenvalue weighted by molar-refractivity contribution is -0.139. The highest BCUT2D eigenvalue weighted by molar-refractivity contribution is 6.02. The lowest BCUT2D eigenvalue weighted by Crippen LogP contribution is -2.44. The maximum atomic E-state index is 11.0. The summed E-state index contributed by atoms with van der Waals surface area (Å²) in [6.07, 6.45) is 0. The third kappa shape index (κ3) is 3.77. The van der Waals surface area contributed by atoms with Gasteiger partial charge in [-0.15, -0.1) is 10.2 Å². The predicted molar refractivity (Wildman–Crippen MR) is 109 cm³/mol. The highest BCUT2D eigenvalue weighted by atomic mass is 16.5.